The van der Waals surface area contributed by atoms with Gasteiger partial charge in [-0.05, 0) is 39.3 Å². The van der Waals surface area contributed by atoms with E-state index in [1.807, 2.05) is 13.0 Å². The second-order valence-electron chi connectivity index (χ2n) is 5.63. The van der Waals surface area contributed by atoms with Crippen molar-refractivity contribution in [3.8, 4) is 0 Å². The number of likely N-dealkylation sites (N-methyl/N-ethyl adjacent to an activating group) is 2. The molecule has 1 aliphatic heterocycles. The molecule has 0 N–H and O–H groups in total. The fourth-order valence-electron chi connectivity index (χ4n) is 3.47. The molecule has 1 fully saturated rings. The van der Waals surface area contributed by atoms with Gasteiger partial charge in [0.25, 0.3) is 0 Å². The average Bonchev–Trinajstić information content (AvgIpc) is 2.47. The van der Waals surface area contributed by atoms with Gasteiger partial charge in [0.05, 0.1) is 12.1 Å². The van der Waals surface area contributed by atoms with Crippen LogP contribution in [0.4, 0.5) is 0 Å². The molecule has 3 heteroatoms. The van der Waals surface area contributed by atoms with Crippen LogP contribution in [-0.4, -0.2) is 46.9 Å². The molecule has 1 saturated heterocycles. The van der Waals surface area contributed by atoms with Crippen LogP contribution in [-0.2, 0) is 11.2 Å². The van der Waals surface area contributed by atoms with Crippen LogP contribution in [0.5, 0.6) is 0 Å². The van der Waals surface area contributed by atoms with Crippen LogP contribution in [0.2, 0.25) is 0 Å². The van der Waals surface area contributed by atoms with E-state index in [0.717, 1.165) is 19.5 Å². The summed E-state index contributed by atoms with van der Waals surface area (Å²) in [5.41, 5.74) is 1.31. The van der Waals surface area contributed by atoms with Crippen LogP contribution >= 0.6 is 0 Å². The lowest BCUT2D eigenvalue weighted by Crippen LogP contribution is -2.65. The average molecular weight is 274 g/mol. The highest BCUT2D eigenvalue weighted by Gasteiger charge is 2.41. The molecule has 1 heterocycles. The van der Waals surface area contributed by atoms with Gasteiger partial charge in [0.15, 0.2) is 0 Å². The van der Waals surface area contributed by atoms with Crippen LogP contribution < -0.4 is 0 Å². The zero-order chi connectivity index (χ0) is 14.7. The highest BCUT2D eigenvalue weighted by atomic mass is 16.2. The lowest BCUT2D eigenvalue weighted by atomic mass is 9.92. The number of carbonyl (C=O) groups is 1. The second kappa shape index (κ2) is 6.40. The summed E-state index contributed by atoms with van der Waals surface area (Å²) < 4.78 is 0. The van der Waals surface area contributed by atoms with Crippen molar-refractivity contribution < 1.29 is 4.79 Å². The monoisotopic (exact) mass is 274 g/mol. The van der Waals surface area contributed by atoms with Crippen molar-refractivity contribution in [2.24, 2.45) is 0 Å². The quantitative estimate of drug-likeness (QED) is 0.842. The summed E-state index contributed by atoms with van der Waals surface area (Å²) >= 11 is 0. The standard InChI is InChI=1S/C17H26N2O/c1-5-18-13(3)16(12-15-10-8-7-9-11-15)19(6-2)17(20)14(18)4/h7-11,13-14,16H,5-6,12H2,1-4H3. The van der Waals surface area contributed by atoms with Gasteiger partial charge in [0.2, 0.25) is 5.91 Å². The van der Waals surface area contributed by atoms with E-state index in [1.54, 1.807) is 0 Å². The molecule has 20 heavy (non-hydrogen) atoms. The van der Waals surface area contributed by atoms with Gasteiger partial charge in [-0.1, -0.05) is 37.3 Å². The molecule has 3 nitrogen and oxygen atoms in total. The molecular weight excluding hydrogens is 248 g/mol. The van der Waals surface area contributed by atoms with Gasteiger partial charge in [0, 0.05) is 12.6 Å². The maximum atomic E-state index is 12.6. The Balaban J connectivity index is 2.25. The summed E-state index contributed by atoms with van der Waals surface area (Å²) in [5, 5.41) is 0. The van der Waals surface area contributed by atoms with Crippen molar-refractivity contribution in [3.63, 3.8) is 0 Å². The van der Waals surface area contributed by atoms with Gasteiger partial charge in [-0.3, -0.25) is 9.69 Å². The molecule has 110 valence electrons. The predicted molar refractivity (Wildman–Crippen MR) is 82.6 cm³/mol. The molecule has 0 saturated carbocycles. The number of piperazine rings is 1. The molecule has 3 unspecified atom stereocenters. The zero-order valence-corrected chi connectivity index (χ0v) is 13.0. The lowest BCUT2D eigenvalue weighted by Gasteiger charge is -2.49. The fraction of sp³-hybridized carbons (Fsp3) is 0.588. The smallest absolute Gasteiger partial charge is 0.239 e. The van der Waals surface area contributed by atoms with E-state index in [2.05, 4.69) is 54.8 Å². The van der Waals surface area contributed by atoms with E-state index >= 15 is 0 Å². The van der Waals surface area contributed by atoms with Crippen LogP contribution in [0, 0.1) is 0 Å². The maximum Gasteiger partial charge on any atom is 0.239 e. The number of rotatable bonds is 4. The molecular formula is C17H26N2O. The minimum absolute atomic E-state index is 0.00183. The van der Waals surface area contributed by atoms with Crippen molar-refractivity contribution in [2.45, 2.75) is 52.2 Å². The van der Waals surface area contributed by atoms with Gasteiger partial charge >= 0.3 is 0 Å². The number of amides is 1. The highest BCUT2D eigenvalue weighted by molar-refractivity contribution is 5.82. The maximum absolute atomic E-state index is 12.6. The first-order chi connectivity index (χ1) is 9.60. The Labute approximate surface area is 122 Å². The van der Waals surface area contributed by atoms with Gasteiger partial charge in [0.1, 0.15) is 0 Å². The Hall–Kier alpha value is -1.35. The molecule has 3 atom stereocenters. The molecule has 0 radical (unpaired) electrons. The van der Waals surface area contributed by atoms with Crippen LogP contribution in [0.25, 0.3) is 0 Å². The topological polar surface area (TPSA) is 23.6 Å². The third kappa shape index (κ3) is 2.73. The molecule has 1 aromatic carbocycles. The summed E-state index contributed by atoms with van der Waals surface area (Å²) in [6.07, 6.45) is 0.935. The molecule has 0 spiro atoms. The Morgan fingerprint density at radius 1 is 1.05 bits per heavy atom. The van der Waals surface area contributed by atoms with E-state index in [0.29, 0.717) is 6.04 Å². The van der Waals surface area contributed by atoms with E-state index in [4.69, 9.17) is 0 Å². The fourth-order valence-corrected chi connectivity index (χ4v) is 3.47. The predicted octanol–water partition coefficient (Wildman–Crippen LogP) is 2.56. The molecule has 0 aromatic heterocycles. The molecule has 0 bridgehead atoms. The molecule has 1 aliphatic rings. The van der Waals surface area contributed by atoms with Crippen molar-refractivity contribution in [2.75, 3.05) is 13.1 Å². The van der Waals surface area contributed by atoms with Crippen LogP contribution in [0.15, 0.2) is 30.3 Å². The van der Waals surface area contributed by atoms with Gasteiger partial charge in [-0.15, -0.1) is 0 Å². The van der Waals surface area contributed by atoms with Crippen LogP contribution in [0.3, 0.4) is 0 Å². The van der Waals surface area contributed by atoms with Crippen molar-refractivity contribution in [3.05, 3.63) is 35.9 Å². The zero-order valence-electron chi connectivity index (χ0n) is 13.0. The lowest BCUT2D eigenvalue weighted by molar-refractivity contribution is -0.148. The van der Waals surface area contributed by atoms with Crippen molar-refractivity contribution in [1.82, 2.24) is 9.80 Å². The summed E-state index contributed by atoms with van der Waals surface area (Å²) in [6, 6.07) is 11.2. The van der Waals surface area contributed by atoms with Gasteiger partial charge in [-0.2, -0.15) is 0 Å². The van der Waals surface area contributed by atoms with E-state index < -0.39 is 0 Å². The van der Waals surface area contributed by atoms with Gasteiger partial charge in [-0.25, -0.2) is 0 Å². The Bertz CT molecular complexity index is 446. The molecule has 1 aromatic rings. The highest BCUT2D eigenvalue weighted by Crippen LogP contribution is 2.25. The van der Waals surface area contributed by atoms with Gasteiger partial charge < -0.3 is 4.90 Å². The minimum atomic E-state index is 0.00183. The first-order valence-electron chi connectivity index (χ1n) is 7.70. The van der Waals surface area contributed by atoms with E-state index in [-0.39, 0.29) is 18.0 Å². The summed E-state index contributed by atoms with van der Waals surface area (Å²) in [4.78, 5) is 16.9. The normalized spacial score (nSPS) is 27.9. The minimum Gasteiger partial charge on any atom is -0.337 e. The Morgan fingerprint density at radius 3 is 2.25 bits per heavy atom. The summed E-state index contributed by atoms with van der Waals surface area (Å²) in [6.45, 7) is 10.2. The summed E-state index contributed by atoms with van der Waals surface area (Å²) in [5.74, 6) is 0.272. The van der Waals surface area contributed by atoms with E-state index in [9.17, 15) is 4.79 Å². The van der Waals surface area contributed by atoms with Crippen molar-refractivity contribution in [1.29, 1.82) is 0 Å². The SMILES string of the molecule is CCN1C(=O)C(C)N(CC)C(C)C1Cc1ccccc1. The number of hydrogen-bond acceptors (Lipinski definition) is 2. The third-order valence-corrected chi connectivity index (χ3v) is 4.61. The summed E-state index contributed by atoms with van der Waals surface area (Å²) in [7, 11) is 0. The third-order valence-electron chi connectivity index (χ3n) is 4.61. The second-order valence-corrected chi connectivity index (χ2v) is 5.63. The first kappa shape index (κ1) is 15.0. The first-order valence-corrected chi connectivity index (χ1v) is 7.70. The number of benzene rings is 1. The van der Waals surface area contributed by atoms with Crippen LogP contribution in [0.1, 0.15) is 33.3 Å². The van der Waals surface area contributed by atoms with E-state index in [1.165, 1.54) is 5.56 Å². The molecule has 1 amide bonds. The number of nitrogens with zero attached hydrogens (tertiary/aromatic N) is 2. The number of hydrogen-bond donors (Lipinski definition) is 0. The Kier molecular flexibility index (Phi) is 4.81. The Morgan fingerprint density at radius 2 is 1.70 bits per heavy atom. The molecule has 2 rings (SSSR count). The largest absolute Gasteiger partial charge is 0.337 e. The van der Waals surface area contributed by atoms with Crippen molar-refractivity contribution >= 4 is 5.91 Å². The number of carbonyl (C=O) groups excluding carboxylic acids is 1. The molecule has 0 aliphatic carbocycles.